The van der Waals surface area contributed by atoms with Gasteiger partial charge in [-0.3, -0.25) is 4.79 Å². The van der Waals surface area contributed by atoms with Crippen LogP contribution in [0.1, 0.15) is 28.4 Å². The molecule has 3 nitrogen and oxygen atoms in total. The van der Waals surface area contributed by atoms with E-state index in [2.05, 4.69) is 5.32 Å². The topological polar surface area (TPSA) is 38.3 Å². The Balaban J connectivity index is 2.04. The smallest absolute Gasteiger partial charge is 0.416 e. The first-order valence-electron chi connectivity index (χ1n) is 7.18. The molecular formula is C17H15ClF3NO2. The Hall–Kier alpha value is -2.21. The summed E-state index contributed by atoms with van der Waals surface area (Å²) in [6.45, 7) is 2.24. The third-order valence-corrected chi connectivity index (χ3v) is 3.50. The minimum Gasteiger partial charge on any atom is -0.492 e. The van der Waals surface area contributed by atoms with E-state index in [1.54, 1.807) is 12.1 Å². The molecule has 128 valence electrons. The Bertz CT molecular complexity index is 732. The molecule has 0 aliphatic heterocycles. The normalized spacial score (nSPS) is 11.2. The van der Waals surface area contributed by atoms with E-state index >= 15 is 0 Å². The van der Waals surface area contributed by atoms with Crippen LogP contribution in [-0.2, 0) is 12.7 Å². The first-order chi connectivity index (χ1) is 11.3. The molecule has 0 saturated heterocycles. The maximum atomic E-state index is 12.7. The quantitative estimate of drug-likeness (QED) is 0.843. The molecule has 0 aromatic heterocycles. The van der Waals surface area contributed by atoms with E-state index in [9.17, 15) is 18.0 Å². The Labute approximate surface area is 142 Å². The summed E-state index contributed by atoms with van der Waals surface area (Å²) in [5.74, 6) is 0.0333. The lowest BCUT2D eigenvalue weighted by atomic mass is 10.1. The van der Waals surface area contributed by atoms with E-state index in [1.807, 2.05) is 6.92 Å². The van der Waals surface area contributed by atoms with Gasteiger partial charge in [0.15, 0.2) is 0 Å². The molecule has 0 saturated carbocycles. The molecule has 0 aliphatic carbocycles. The number of nitrogens with one attached hydrogen (secondary N) is 1. The van der Waals surface area contributed by atoms with Gasteiger partial charge in [0.1, 0.15) is 5.75 Å². The monoisotopic (exact) mass is 357 g/mol. The standard InChI is InChI=1S/C17H15ClF3NO2/c1-2-24-15-7-6-12(9-14(15)18)16(23)22-10-11-4-3-5-13(8-11)17(19,20)21/h3-9H,2,10H2,1H3,(H,22,23). The van der Waals surface area contributed by atoms with E-state index in [-0.39, 0.29) is 6.54 Å². The number of ether oxygens (including phenoxy) is 1. The fraction of sp³-hybridized carbons (Fsp3) is 0.235. The minimum absolute atomic E-state index is 0.0203. The molecule has 2 rings (SSSR count). The molecule has 0 atom stereocenters. The zero-order valence-corrected chi connectivity index (χ0v) is 13.5. The van der Waals surface area contributed by atoms with Gasteiger partial charge in [-0.05, 0) is 42.8 Å². The second kappa shape index (κ2) is 7.57. The fourth-order valence-electron chi connectivity index (χ4n) is 2.06. The average molecular weight is 358 g/mol. The summed E-state index contributed by atoms with van der Waals surface area (Å²) in [7, 11) is 0. The van der Waals surface area contributed by atoms with Crippen LogP contribution < -0.4 is 10.1 Å². The van der Waals surface area contributed by atoms with Crippen molar-refractivity contribution in [3.63, 3.8) is 0 Å². The Kier molecular flexibility index (Phi) is 5.72. The molecule has 0 aliphatic rings. The fourth-order valence-corrected chi connectivity index (χ4v) is 2.29. The van der Waals surface area contributed by atoms with Crippen molar-refractivity contribution in [3.8, 4) is 5.75 Å². The predicted octanol–water partition coefficient (Wildman–Crippen LogP) is 4.69. The highest BCUT2D eigenvalue weighted by Crippen LogP contribution is 2.29. The van der Waals surface area contributed by atoms with Gasteiger partial charge in [0.25, 0.3) is 5.91 Å². The lowest BCUT2D eigenvalue weighted by Crippen LogP contribution is -2.23. The lowest BCUT2D eigenvalue weighted by molar-refractivity contribution is -0.137. The number of hydrogen-bond donors (Lipinski definition) is 1. The molecule has 0 fully saturated rings. The third-order valence-electron chi connectivity index (χ3n) is 3.20. The summed E-state index contributed by atoms with van der Waals surface area (Å²) in [5, 5.41) is 2.86. The van der Waals surface area contributed by atoms with Crippen molar-refractivity contribution in [1.82, 2.24) is 5.32 Å². The summed E-state index contributed by atoms with van der Waals surface area (Å²) in [4.78, 5) is 12.1. The molecule has 24 heavy (non-hydrogen) atoms. The van der Waals surface area contributed by atoms with Gasteiger partial charge < -0.3 is 10.1 Å². The largest absolute Gasteiger partial charge is 0.492 e. The molecule has 0 heterocycles. The van der Waals surface area contributed by atoms with Crippen LogP contribution >= 0.6 is 11.6 Å². The first kappa shape index (κ1) is 18.1. The Morgan fingerprint density at radius 2 is 1.96 bits per heavy atom. The van der Waals surface area contributed by atoms with Gasteiger partial charge in [-0.15, -0.1) is 0 Å². The highest BCUT2D eigenvalue weighted by Gasteiger charge is 2.30. The number of hydrogen-bond acceptors (Lipinski definition) is 2. The Morgan fingerprint density at radius 1 is 1.21 bits per heavy atom. The second-order valence-electron chi connectivity index (χ2n) is 4.96. The van der Waals surface area contributed by atoms with Crippen LogP contribution in [0.2, 0.25) is 5.02 Å². The van der Waals surface area contributed by atoms with Crippen molar-refractivity contribution < 1.29 is 22.7 Å². The zero-order chi connectivity index (χ0) is 17.7. The van der Waals surface area contributed by atoms with Gasteiger partial charge in [0.2, 0.25) is 0 Å². The predicted molar refractivity (Wildman–Crippen MR) is 85.2 cm³/mol. The highest BCUT2D eigenvalue weighted by atomic mass is 35.5. The molecule has 0 unspecified atom stereocenters. The van der Waals surface area contributed by atoms with Gasteiger partial charge in [-0.25, -0.2) is 0 Å². The van der Waals surface area contributed by atoms with Crippen molar-refractivity contribution in [2.45, 2.75) is 19.6 Å². The van der Waals surface area contributed by atoms with Crippen LogP contribution in [0.3, 0.4) is 0 Å². The number of amides is 1. The van der Waals surface area contributed by atoms with Crippen LogP contribution in [0.15, 0.2) is 42.5 Å². The summed E-state index contributed by atoms with van der Waals surface area (Å²) in [6.07, 6.45) is -4.41. The van der Waals surface area contributed by atoms with Crippen LogP contribution in [0.4, 0.5) is 13.2 Å². The van der Waals surface area contributed by atoms with Crippen molar-refractivity contribution in [2.75, 3.05) is 6.61 Å². The molecule has 0 radical (unpaired) electrons. The molecular weight excluding hydrogens is 343 g/mol. The summed E-state index contributed by atoms with van der Waals surface area (Å²) in [6, 6.07) is 9.37. The lowest BCUT2D eigenvalue weighted by Gasteiger charge is -2.10. The molecule has 1 amide bonds. The van der Waals surface area contributed by atoms with Gasteiger partial charge in [0, 0.05) is 12.1 Å². The average Bonchev–Trinajstić information content (AvgIpc) is 2.54. The van der Waals surface area contributed by atoms with E-state index < -0.39 is 17.6 Å². The summed E-state index contributed by atoms with van der Waals surface area (Å²) in [5.41, 5.74) is -0.0935. The van der Waals surface area contributed by atoms with E-state index in [4.69, 9.17) is 16.3 Å². The molecule has 1 N–H and O–H groups in total. The van der Waals surface area contributed by atoms with Gasteiger partial charge in [-0.1, -0.05) is 23.7 Å². The maximum absolute atomic E-state index is 12.7. The SMILES string of the molecule is CCOc1ccc(C(=O)NCc2cccc(C(F)(F)F)c2)cc1Cl. The van der Waals surface area contributed by atoms with Gasteiger partial charge >= 0.3 is 6.18 Å². The highest BCUT2D eigenvalue weighted by molar-refractivity contribution is 6.32. The van der Waals surface area contributed by atoms with Crippen molar-refractivity contribution >= 4 is 17.5 Å². The van der Waals surface area contributed by atoms with E-state index in [0.717, 1.165) is 12.1 Å². The second-order valence-corrected chi connectivity index (χ2v) is 5.37. The number of carbonyl (C=O) groups excluding carboxylic acids is 1. The molecule has 0 spiro atoms. The van der Waals surface area contributed by atoms with Crippen molar-refractivity contribution in [3.05, 3.63) is 64.2 Å². The number of carbonyl (C=O) groups is 1. The number of halogens is 4. The first-order valence-corrected chi connectivity index (χ1v) is 7.55. The number of benzene rings is 2. The van der Waals surface area contributed by atoms with Crippen LogP contribution in [0, 0.1) is 0 Å². The van der Waals surface area contributed by atoms with Crippen LogP contribution in [0.25, 0.3) is 0 Å². The minimum atomic E-state index is -4.41. The number of rotatable bonds is 5. The van der Waals surface area contributed by atoms with E-state index in [1.165, 1.54) is 18.2 Å². The van der Waals surface area contributed by atoms with Gasteiger partial charge in [0.05, 0.1) is 17.2 Å². The van der Waals surface area contributed by atoms with E-state index in [0.29, 0.717) is 28.5 Å². The molecule has 2 aromatic rings. The number of alkyl halides is 3. The van der Waals surface area contributed by atoms with Crippen molar-refractivity contribution in [2.24, 2.45) is 0 Å². The molecule has 2 aromatic carbocycles. The van der Waals surface area contributed by atoms with Crippen molar-refractivity contribution in [1.29, 1.82) is 0 Å². The third kappa shape index (κ3) is 4.64. The van der Waals surface area contributed by atoms with Crippen LogP contribution in [-0.4, -0.2) is 12.5 Å². The van der Waals surface area contributed by atoms with Crippen LogP contribution in [0.5, 0.6) is 5.75 Å². The van der Waals surface area contributed by atoms with Gasteiger partial charge in [-0.2, -0.15) is 13.2 Å². The summed E-state index contributed by atoms with van der Waals surface area (Å²) < 4.78 is 43.3. The Morgan fingerprint density at radius 3 is 2.58 bits per heavy atom. The summed E-state index contributed by atoms with van der Waals surface area (Å²) >= 11 is 6.01. The molecule has 0 bridgehead atoms. The molecule has 7 heteroatoms. The zero-order valence-electron chi connectivity index (χ0n) is 12.8. The maximum Gasteiger partial charge on any atom is 0.416 e.